The van der Waals surface area contributed by atoms with Crippen LogP contribution >= 0.6 is 43.5 Å². The van der Waals surface area contributed by atoms with Crippen molar-refractivity contribution in [3.8, 4) is 0 Å². The number of nitrogens with zero attached hydrogens (tertiary/aromatic N) is 1. The average Bonchev–Trinajstić information content (AvgIpc) is 2.29. The number of carbonyl (C=O) groups excluding carboxylic acids is 1. The van der Waals surface area contributed by atoms with Crippen molar-refractivity contribution in [3.63, 3.8) is 0 Å². The minimum absolute atomic E-state index is 0.0691. The number of hydrogen-bond donors (Lipinski definition) is 0. The molecule has 82 valence electrons. The summed E-state index contributed by atoms with van der Waals surface area (Å²) in [5, 5.41) is 1.39. The average molecular weight is 363 g/mol. The van der Waals surface area contributed by atoms with Gasteiger partial charge in [-0.25, -0.2) is 0 Å². The number of Topliss-reactive ketones (excluding diaryl/α,β-unsaturated/α-hetero) is 1. The van der Waals surface area contributed by atoms with E-state index in [1.165, 1.54) is 0 Å². The predicted octanol–water partition coefficient (Wildman–Crippen LogP) is 4.19. The summed E-state index contributed by atoms with van der Waals surface area (Å²) in [6, 6.07) is 7.04. The SMILES string of the molecule is O=C(c1ccc(Cl)c2cccnc12)C(Br)Br. The molecule has 0 aliphatic carbocycles. The van der Waals surface area contributed by atoms with Gasteiger partial charge in [0.1, 0.15) is 3.74 Å². The Balaban J connectivity index is 2.72. The molecule has 0 saturated carbocycles. The molecule has 5 heteroatoms. The molecule has 0 spiro atoms. The third-order valence-electron chi connectivity index (χ3n) is 2.18. The van der Waals surface area contributed by atoms with Crippen LogP contribution in [0.5, 0.6) is 0 Å². The topological polar surface area (TPSA) is 30.0 Å². The lowest BCUT2D eigenvalue weighted by Gasteiger charge is -2.06. The quantitative estimate of drug-likeness (QED) is 0.592. The molecule has 2 aromatic rings. The van der Waals surface area contributed by atoms with Crippen molar-refractivity contribution in [1.29, 1.82) is 0 Å². The zero-order valence-corrected chi connectivity index (χ0v) is 11.9. The molecule has 0 aliphatic rings. The van der Waals surface area contributed by atoms with Gasteiger partial charge in [0.25, 0.3) is 0 Å². The third-order valence-corrected chi connectivity index (χ3v) is 3.34. The van der Waals surface area contributed by atoms with Crippen molar-refractivity contribution in [1.82, 2.24) is 4.98 Å². The fourth-order valence-electron chi connectivity index (χ4n) is 1.45. The monoisotopic (exact) mass is 361 g/mol. The molecule has 1 aromatic carbocycles. The number of alkyl halides is 2. The van der Waals surface area contributed by atoms with Gasteiger partial charge in [-0.2, -0.15) is 0 Å². The van der Waals surface area contributed by atoms with Crippen LogP contribution in [-0.4, -0.2) is 14.5 Å². The molecule has 0 N–H and O–H groups in total. The highest BCUT2D eigenvalue weighted by molar-refractivity contribution is 9.25. The van der Waals surface area contributed by atoms with Crippen LogP contribution in [0.2, 0.25) is 5.02 Å². The standard InChI is InChI=1S/C11H6Br2ClNO/c12-11(13)10(16)7-3-4-8(14)6-2-1-5-15-9(6)7/h1-5,11H. The first kappa shape index (κ1) is 12.0. The molecule has 1 heterocycles. The van der Waals surface area contributed by atoms with Gasteiger partial charge in [0, 0.05) is 17.1 Å². The summed E-state index contributed by atoms with van der Waals surface area (Å²) >= 11 is 12.4. The van der Waals surface area contributed by atoms with Crippen molar-refractivity contribution in [2.45, 2.75) is 3.74 Å². The van der Waals surface area contributed by atoms with E-state index >= 15 is 0 Å². The number of ketones is 1. The van der Waals surface area contributed by atoms with E-state index in [1.807, 2.05) is 6.07 Å². The molecule has 0 fully saturated rings. The summed E-state index contributed by atoms with van der Waals surface area (Å²) in [4.78, 5) is 16.1. The third kappa shape index (κ3) is 2.14. The fraction of sp³-hybridized carbons (Fsp3) is 0.0909. The Labute approximate surface area is 114 Å². The number of fused-ring (bicyclic) bond motifs is 1. The number of carbonyl (C=O) groups is 1. The van der Waals surface area contributed by atoms with Crippen LogP contribution in [-0.2, 0) is 0 Å². The van der Waals surface area contributed by atoms with E-state index in [0.29, 0.717) is 16.1 Å². The van der Waals surface area contributed by atoms with Crippen molar-refractivity contribution in [2.24, 2.45) is 0 Å². The second-order valence-electron chi connectivity index (χ2n) is 3.16. The molecule has 0 aliphatic heterocycles. The first-order valence-corrected chi connectivity index (χ1v) is 6.68. The van der Waals surface area contributed by atoms with Gasteiger partial charge in [-0.05, 0) is 24.3 Å². The molecular formula is C11H6Br2ClNO. The van der Waals surface area contributed by atoms with E-state index in [0.717, 1.165) is 5.39 Å². The number of aromatic nitrogens is 1. The molecule has 1 aromatic heterocycles. The molecule has 2 rings (SSSR count). The van der Waals surface area contributed by atoms with Crippen LogP contribution in [0, 0.1) is 0 Å². The number of hydrogen-bond acceptors (Lipinski definition) is 2. The maximum absolute atomic E-state index is 11.9. The van der Waals surface area contributed by atoms with E-state index in [2.05, 4.69) is 36.8 Å². The molecule has 2 nitrogen and oxygen atoms in total. The highest BCUT2D eigenvalue weighted by atomic mass is 79.9. The Morgan fingerprint density at radius 1 is 1.31 bits per heavy atom. The summed E-state index contributed by atoms with van der Waals surface area (Å²) in [6.07, 6.45) is 1.65. The van der Waals surface area contributed by atoms with Gasteiger partial charge in [-0.3, -0.25) is 9.78 Å². The van der Waals surface area contributed by atoms with Gasteiger partial charge in [0.15, 0.2) is 5.78 Å². The number of rotatable bonds is 2. The van der Waals surface area contributed by atoms with Crippen molar-refractivity contribution >= 4 is 60.1 Å². The minimum atomic E-state index is -0.411. The molecule has 0 unspecified atom stereocenters. The lowest BCUT2D eigenvalue weighted by molar-refractivity contribution is 0.101. The largest absolute Gasteiger partial charge is 0.292 e. The second kappa shape index (κ2) is 4.82. The number of benzene rings is 1. The normalized spacial score (nSPS) is 11.0. The Morgan fingerprint density at radius 3 is 2.75 bits per heavy atom. The highest BCUT2D eigenvalue weighted by Crippen LogP contribution is 2.27. The number of halogens is 3. The minimum Gasteiger partial charge on any atom is -0.292 e. The van der Waals surface area contributed by atoms with Gasteiger partial charge < -0.3 is 0 Å². The first-order chi connectivity index (χ1) is 7.61. The zero-order valence-electron chi connectivity index (χ0n) is 7.95. The first-order valence-electron chi connectivity index (χ1n) is 4.47. The van der Waals surface area contributed by atoms with E-state index in [9.17, 15) is 4.79 Å². The van der Waals surface area contributed by atoms with Gasteiger partial charge in [0.05, 0.1) is 10.5 Å². The molecule has 16 heavy (non-hydrogen) atoms. The fourth-order valence-corrected chi connectivity index (χ4v) is 2.16. The Hall–Kier alpha value is -0.450. The van der Waals surface area contributed by atoms with Crippen LogP contribution in [0.3, 0.4) is 0 Å². The highest BCUT2D eigenvalue weighted by Gasteiger charge is 2.17. The van der Waals surface area contributed by atoms with E-state index in [4.69, 9.17) is 11.6 Å². The Morgan fingerprint density at radius 2 is 2.06 bits per heavy atom. The Bertz CT molecular complexity index is 557. The van der Waals surface area contributed by atoms with E-state index < -0.39 is 3.74 Å². The van der Waals surface area contributed by atoms with Gasteiger partial charge in [-0.1, -0.05) is 43.5 Å². The second-order valence-corrected chi connectivity index (χ2v) is 6.63. The van der Waals surface area contributed by atoms with Crippen LogP contribution in [0.1, 0.15) is 10.4 Å². The van der Waals surface area contributed by atoms with Gasteiger partial charge in [0.2, 0.25) is 0 Å². The summed E-state index contributed by atoms with van der Waals surface area (Å²) in [5.74, 6) is -0.0691. The lowest BCUT2D eigenvalue weighted by Crippen LogP contribution is -2.08. The van der Waals surface area contributed by atoms with Crippen LogP contribution in [0.4, 0.5) is 0 Å². The zero-order chi connectivity index (χ0) is 11.7. The maximum atomic E-state index is 11.9. The molecule has 0 amide bonds. The number of pyridine rings is 1. The van der Waals surface area contributed by atoms with E-state index in [1.54, 1.807) is 24.4 Å². The van der Waals surface area contributed by atoms with Crippen LogP contribution in [0.15, 0.2) is 30.5 Å². The predicted molar refractivity (Wildman–Crippen MR) is 72.7 cm³/mol. The van der Waals surface area contributed by atoms with Gasteiger partial charge in [-0.15, -0.1) is 0 Å². The molecular weight excluding hydrogens is 357 g/mol. The van der Waals surface area contributed by atoms with Crippen LogP contribution < -0.4 is 0 Å². The summed E-state index contributed by atoms with van der Waals surface area (Å²) in [6.45, 7) is 0. The van der Waals surface area contributed by atoms with E-state index in [-0.39, 0.29) is 5.78 Å². The lowest BCUT2D eigenvalue weighted by atomic mass is 10.1. The molecule has 0 saturated heterocycles. The van der Waals surface area contributed by atoms with Crippen LogP contribution in [0.25, 0.3) is 10.9 Å². The molecule has 0 radical (unpaired) electrons. The molecule has 0 bridgehead atoms. The summed E-state index contributed by atoms with van der Waals surface area (Å²) in [7, 11) is 0. The summed E-state index contributed by atoms with van der Waals surface area (Å²) < 4.78 is -0.411. The van der Waals surface area contributed by atoms with Gasteiger partial charge >= 0.3 is 0 Å². The van der Waals surface area contributed by atoms with Crippen molar-refractivity contribution in [3.05, 3.63) is 41.0 Å². The summed E-state index contributed by atoms with van der Waals surface area (Å²) in [5.41, 5.74) is 1.18. The maximum Gasteiger partial charge on any atom is 0.189 e. The molecule has 0 atom stereocenters. The van der Waals surface area contributed by atoms with Crippen molar-refractivity contribution < 1.29 is 4.79 Å². The van der Waals surface area contributed by atoms with Crippen molar-refractivity contribution in [2.75, 3.05) is 0 Å². The smallest absolute Gasteiger partial charge is 0.189 e. The Kier molecular flexibility index (Phi) is 3.62.